The Morgan fingerprint density at radius 3 is 2.31 bits per heavy atom. The molecular weight excluding hydrogens is 228 g/mol. The molecule has 0 heterocycles. The van der Waals surface area contributed by atoms with Crippen molar-refractivity contribution in [3.63, 3.8) is 0 Å². The number of hydrogen-bond acceptors (Lipinski definition) is 1. The first-order valence-corrected chi connectivity index (χ1v) is 5.39. The van der Waals surface area contributed by atoms with Crippen molar-refractivity contribution in [3.8, 4) is 0 Å². The highest BCUT2D eigenvalue weighted by molar-refractivity contribution is 9.10. The van der Waals surface area contributed by atoms with Crippen LogP contribution in [0, 0.1) is 5.41 Å². The number of rotatable bonds is 3. The molecule has 13 heavy (non-hydrogen) atoms. The van der Waals surface area contributed by atoms with Crippen molar-refractivity contribution < 1.29 is 5.11 Å². The third-order valence-corrected chi connectivity index (χ3v) is 3.31. The van der Waals surface area contributed by atoms with Crippen LogP contribution < -0.4 is 0 Å². The van der Waals surface area contributed by atoms with Crippen LogP contribution in [0.25, 0.3) is 0 Å². The Morgan fingerprint density at radius 1 is 1.23 bits per heavy atom. The second-order valence-corrected chi connectivity index (χ2v) is 4.88. The number of halogens is 1. The molecule has 0 spiro atoms. The molecule has 0 amide bonds. The van der Waals surface area contributed by atoms with Gasteiger partial charge in [-0.3, -0.25) is 0 Å². The largest absolute Gasteiger partial charge is 0.396 e. The highest BCUT2D eigenvalue weighted by atomic mass is 79.9. The molecule has 0 atom stereocenters. The van der Waals surface area contributed by atoms with Gasteiger partial charge in [-0.1, -0.05) is 28.1 Å². The van der Waals surface area contributed by atoms with Crippen LogP contribution in [-0.4, -0.2) is 11.7 Å². The summed E-state index contributed by atoms with van der Waals surface area (Å²) in [5, 5.41) is 9.16. The summed E-state index contributed by atoms with van der Waals surface area (Å²) in [5.74, 6) is 0. The molecule has 0 aliphatic heterocycles. The Bertz CT molecular complexity index is 287. The summed E-state index contributed by atoms with van der Waals surface area (Å²) in [6.45, 7) is 0.336. The molecule has 1 aliphatic carbocycles. The van der Waals surface area contributed by atoms with Crippen LogP contribution in [0.1, 0.15) is 18.4 Å². The van der Waals surface area contributed by atoms with Gasteiger partial charge in [0, 0.05) is 11.1 Å². The summed E-state index contributed by atoms with van der Waals surface area (Å²) < 4.78 is 1.12. The summed E-state index contributed by atoms with van der Waals surface area (Å²) in [5.41, 5.74) is 1.56. The van der Waals surface area contributed by atoms with Gasteiger partial charge in [0.2, 0.25) is 0 Å². The summed E-state index contributed by atoms with van der Waals surface area (Å²) in [6.07, 6.45) is 3.38. The van der Waals surface area contributed by atoms with Crippen LogP contribution >= 0.6 is 15.9 Å². The molecular formula is C11H13BrO. The molecule has 1 aromatic carbocycles. The molecule has 1 fully saturated rings. The van der Waals surface area contributed by atoms with Gasteiger partial charge in [-0.05, 0) is 42.4 Å². The summed E-state index contributed by atoms with van der Waals surface area (Å²) in [4.78, 5) is 0. The predicted octanol–water partition coefficient (Wildman–Crippen LogP) is 2.76. The lowest BCUT2D eigenvalue weighted by Crippen LogP contribution is -2.09. The monoisotopic (exact) mass is 240 g/mol. The van der Waals surface area contributed by atoms with Gasteiger partial charge < -0.3 is 5.11 Å². The minimum absolute atomic E-state index is 0.230. The van der Waals surface area contributed by atoms with Crippen molar-refractivity contribution in [2.24, 2.45) is 5.41 Å². The van der Waals surface area contributed by atoms with Crippen molar-refractivity contribution in [1.29, 1.82) is 0 Å². The third-order valence-electron chi connectivity index (χ3n) is 2.78. The van der Waals surface area contributed by atoms with Gasteiger partial charge in [-0.2, -0.15) is 0 Å². The van der Waals surface area contributed by atoms with Gasteiger partial charge in [0.25, 0.3) is 0 Å². The van der Waals surface area contributed by atoms with Crippen LogP contribution in [0.5, 0.6) is 0 Å². The molecule has 2 rings (SSSR count). The van der Waals surface area contributed by atoms with Crippen LogP contribution in [0.4, 0.5) is 0 Å². The second kappa shape index (κ2) is 3.43. The molecule has 0 aromatic heterocycles. The highest BCUT2D eigenvalue weighted by Gasteiger charge is 2.41. The molecule has 1 aliphatic rings. The minimum atomic E-state index is 0.230. The van der Waals surface area contributed by atoms with Gasteiger partial charge in [0.1, 0.15) is 0 Å². The lowest BCUT2D eigenvalue weighted by atomic mass is 9.98. The maximum atomic E-state index is 9.16. The Labute approximate surface area is 86.9 Å². The second-order valence-electron chi connectivity index (χ2n) is 3.96. The molecule has 1 aromatic rings. The van der Waals surface area contributed by atoms with Crippen LogP contribution in [-0.2, 0) is 6.42 Å². The fraction of sp³-hybridized carbons (Fsp3) is 0.455. The minimum Gasteiger partial charge on any atom is -0.396 e. The standard InChI is InChI=1S/C11H13BrO/c12-10-3-1-9(2-4-10)7-11(8-13)5-6-11/h1-4,13H,5-8H2. The Kier molecular flexibility index (Phi) is 2.43. The van der Waals surface area contributed by atoms with E-state index in [4.69, 9.17) is 5.11 Å². The van der Waals surface area contributed by atoms with E-state index < -0.39 is 0 Å². The van der Waals surface area contributed by atoms with E-state index in [0.717, 1.165) is 10.9 Å². The van der Waals surface area contributed by atoms with Gasteiger partial charge in [0.15, 0.2) is 0 Å². The first-order valence-electron chi connectivity index (χ1n) is 4.59. The molecule has 0 saturated heterocycles. The third kappa shape index (κ3) is 2.12. The van der Waals surface area contributed by atoms with Crippen LogP contribution in [0.15, 0.2) is 28.7 Å². The summed E-state index contributed by atoms with van der Waals surface area (Å²) in [7, 11) is 0. The Balaban J connectivity index is 2.06. The molecule has 1 saturated carbocycles. The Hall–Kier alpha value is -0.340. The van der Waals surface area contributed by atoms with Gasteiger partial charge >= 0.3 is 0 Å². The lowest BCUT2D eigenvalue weighted by Gasteiger charge is -2.10. The van der Waals surface area contributed by atoms with E-state index in [-0.39, 0.29) is 5.41 Å². The highest BCUT2D eigenvalue weighted by Crippen LogP contribution is 2.47. The van der Waals surface area contributed by atoms with E-state index in [1.54, 1.807) is 0 Å². The van der Waals surface area contributed by atoms with E-state index >= 15 is 0 Å². The smallest absolute Gasteiger partial charge is 0.0490 e. The zero-order valence-electron chi connectivity index (χ0n) is 7.46. The first kappa shape index (κ1) is 9.22. The van der Waals surface area contributed by atoms with E-state index in [1.165, 1.54) is 18.4 Å². The van der Waals surface area contributed by atoms with Crippen molar-refractivity contribution in [3.05, 3.63) is 34.3 Å². The quantitative estimate of drug-likeness (QED) is 0.862. The molecule has 0 bridgehead atoms. The maximum Gasteiger partial charge on any atom is 0.0490 e. The number of aliphatic hydroxyl groups is 1. The van der Waals surface area contributed by atoms with Gasteiger partial charge in [0.05, 0.1) is 0 Å². The average Bonchev–Trinajstić information content (AvgIpc) is 2.90. The summed E-state index contributed by atoms with van der Waals surface area (Å²) >= 11 is 3.41. The normalized spacial score (nSPS) is 18.6. The molecule has 1 nitrogen and oxygen atoms in total. The van der Waals surface area contributed by atoms with E-state index in [0.29, 0.717) is 6.61 Å². The number of benzene rings is 1. The zero-order chi connectivity index (χ0) is 9.31. The molecule has 1 N–H and O–H groups in total. The van der Waals surface area contributed by atoms with Crippen molar-refractivity contribution >= 4 is 15.9 Å². The van der Waals surface area contributed by atoms with E-state index in [9.17, 15) is 0 Å². The molecule has 70 valence electrons. The van der Waals surface area contributed by atoms with Crippen LogP contribution in [0.3, 0.4) is 0 Å². The number of aliphatic hydroxyl groups excluding tert-OH is 1. The van der Waals surface area contributed by atoms with Gasteiger partial charge in [-0.15, -0.1) is 0 Å². The van der Waals surface area contributed by atoms with E-state index in [1.807, 2.05) is 0 Å². The average molecular weight is 241 g/mol. The predicted molar refractivity (Wildman–Crippen MR) is 56.6 cm³/mol. The van der Waals surface area contributed by atoms with Crippen molar-refractivity contribution in [2.45, 2.75) is 19.3 Å². The van der Waals surface area contributed by atoms with E-state index in [2.05, 4.69) is 40.2 Å². The van der Waals surface area contributed by atoms with Crippen molar-refractivity contribution in [2.75, 3.05) is 6.61 Å². The topological polar surface area (TPSA) is 20.2 Å². The van der Waals surface area contributed by atoms with Crippen molar-refractivity contribution in [1.82, 2.24) is 0 Å². The lowest BCUT2D eigenvalue weighted by molar-refractivity contribution is 0.211. The fourth-order valence-electron chi connectivity index (χ4n) is 1.60. The molecule has 0 unspecified atom stereocenters. The first-order chi connectivity index (χ1) is 6.24. The maximum absolute atomic E-state index is 9.16. The SMILES string of the molecule is OCC1(Cc2ccc(Br)cc2)CC1. The zero-order valence-corrected chi connectivity index (χ0v) is 9.05. The Morgan fingerprint density at radius 2 is 1.85 bits per heavy atom. The summed E-state index contributed by atoms with van der Waals surface area (Å²) in [6, 6.07) is 8.37. The fourth-order valence-corrected chi connectivity index (χ4v) is 1.87. The number of hydrogen-bond donors (Lipinski definition) is 1. The van der Waals surface area contributed by atoms with Crippen LogP contribution in [0.2, 0.25) is 0 Å². The molecule has 2 heteroatoms. The molecule has 0 radical (unpaired) electrons. The van der Waals surface area contributed by atoms with Gasteiger partial charge in [-0.25, -0.2) is 0 Å².